The van der Waals surface area contributed by atoms with Crippen molar-refractivity contribution in [1.29, 1.82) is 0 Å². The molecule has 0 saturated carbocycles. The van der Waals surface area contributed by atoms with E-state index >= 15 is 0 Å². The number of anilines is 1. The molecule has 31 heavy (non-hydrogen) atoms. The molecule has 0 aliphatic carbocycles. The zero-order chi connectivity index (χ0) is 22.3. The first-order valence-electron chi connectivity index (χ1n) is 9.99. The zero-order valence-corrected chi connectivity index (χ0v) is 18.4. The van der Waals surface area contributed by atoms with Gasteiger partial charge in [-0.15, -0.1) is 0 Å². The van der Waals surface area contributed by atoms with Gasteiger partial charge in [0.15, 0.2) is 0 Å². The number of ether oxygens (including phenoxy) is 1. The highest BCUT2D eigenvalue weighted by Gasteiger charge is 2.17. The number of amides is 1. The highest BCUT2D eigenvalue weighted by molar-refractivity contribution is 7.92. The molecule has 7 heteroatoms. The molecule has 3 rings (SSSR count). The number of nitrogens with one attached hydrogen (secondary N) is 2. The molecule has 162 valence electrons. The van der Waals surface area contributed by atoms with E-state index in [-0.39, 0.29) is 10.8 Å². The predicted molar refractivity (Wildman–Crippen MR) is 122 cm³/mol. The molecule has 6 nitrogen and oxygen atoms in total. The fourth-order valence-corrected chi connectivity index (χ4v) is 4.32. The summed E-state index contributed by atoms with van der Waals surface area (Å²) in [5.41, 5.74) is 2.57. The van der Waals surface area contributed by atoms with Gasteiger partial charge in [-0.1, -0.05) is 36.4 Å². The van der Waals surface area contributed by atoms with Gasteiger partial charge in [-0.2, -0.15) is 0 Å². The maximum absolute atomic E-state index is 12.6. The molecule has 0 unspecified atom stereocenters. The SMILES string of the molecule is COc1ccc(CCCNC(=O)c2cccc(NS(=O)(=O)c3ccccc3)c2C)cc1. The van der Waals surface area contributed by atoms with Crippen molar-refractivity contribution < 1.29 is 17.9 Å². The minimum atomic E-state index is -3.73. The number of carbonyl (C=O) groups excluding carboxylic acids is 1. The number of methoxy groups -OCH3 is 1. The lowest BCUT2D eigenvalue weighted by molar-refractivity contribution is 0.0952. The van der Waals surface area contributed by atoms with Crippen LogP contribution in [0.3, 0.4) is 0 Å². The molecule has 0 aliphatic rings. The first-order valence-corrected chi connectivity index (χ1v) is 11.5. The topological polar surface area (TPSA) is 84.5 Å². The molecule has 3 aromatic rings. The number of hydrogen-bond donors (Lipinski definition) is 2. The second-order valence-electron chi connectivity index (χ2n) is 7.10. The monoisotopic (exact) mass is 438 g/mol. The van der Waals surface area contributed by atoms with E-state index in [0.29, 0.717) is 23.4 Å². The lowest BCUT2D eigenvalue weighted by Crippen LogP contribution is -2.26. The summed E-state index contributed by atoms with van der Waals surface area (Å²) in [4.78, 5) is 12.8. The van der Waals surface area contributed by atoms with Crippen molar-refractivity contribution in [3.63, 3.8) is 0 Å². The Labute approximate surface area is 183 Å². The summed E-state index contributed by atoms with van der Waals surface area (Å²) < 4.78 is 32.9. The van der Waals surface area contributed by atoms with Crippen LogP contribution in [0.1, 0.15) is 27.9 Å². The third kappa shape index (κ3) is 5.86. The maximum atomic E-state index is 12.6. The molecule has 0 heterocycles. The van der Waals surface area contributed by atoms with Gasteiger partial charge in [-0.25, -0.2) is 8.42 Å². The van der Waals surface area contributed by atoms with Crippen LogP contribution in [0.2, 0.25) is 0 Å². The molecular formula is C24H26N2O4S. The predicted octanol–water partition coefficient (Wildman–Crippen LogP) is 4.17. The van der Waals surface area contributed by atoms with Crippen LogP contribution in [0.5, 0.6) is 5.75 Å². The van der Waals surface area contributed by atoms with E-state index in [9.17, 15) is 13.2 Å². The normalized spacial score (nSPS) is 11.0. The Bertz CT molecular complexity index is 1130. The minimum Gasteiger partial charge on any atom is -0.497 e. The van der Waals surface area contributed by atoms with E-state index in [0.717, 1.165) is 18.6 Å². The van der Waals surface area contributed by atoms with E-state index < -0.39 is 10.0 Å². The molecule has 0 bridgehead atoms. The van der Waals surface area contributed by atoms with Crippen LogP contribution in [0, 0.1) is 6.92 Å². The van der Waals surface area contributed by atoms with Crippen molar-refractivity contribution in [2.45, 2.75) is 24.7 Å². The Morgan fingerprint density at radius 3 is 2.32 bits per heavy atom. The summed E-state index contributed by atoms with van der Waals surface area (Å²) in [6.45, 7) is 2.25. The second kappa shape index (κ2) is 10.1. The fourth-order valence-electron chi connectivity index (χ4n) is 3.18. The van der Waals surface area contributed by atoms with Gasteiger partial charge in [0, 0.05) is 12.1 Å². The smallest absolute Gasteiger partial charge is 0.261 e. The maximum Gasteiger partial charge on any atom is 0.261 e. The Hall–Kier alpha value is -3.32. The molecule has 0 aromatic heterocycles. The summed E-state index contributed by atoms with van der Waals surface area (Å²) in [6.07, 6.45) is 1.62. The van der Waals surface area contributed by atoms with Gasteiger partial charge in [-0.05, 0) is 67.3 Å². The molecular weight excluding hydrogens is 412 g/mol. The van der Waals surface area contributed by atoms with Gasteiger partial charge in [0.05, 0.1) is 17.7 Å². The number of aryl methyl sites for hydroxylation is 1. The van der Waals surface area contributed by atoms with Crippen LogP contribution in [0.15, 0.2) is 77.7 Å². The molecule has 0 atom stereocenters. The highest BCUT2D eigenvalue weighted by atomic mass is 32.2. The third-order valence-electron chi connectivity index (χ3n) is 4.96. The van der Waals surface area contributed by atoms with E-state index in [2.05, 4.69) is 10.0 Å². The quantitative estimate of drug-likeness (QED) is 0.491. The van der Waals surface area contributed by atoms with Crippen LogP contribution in [0.4, 0.5) is 5.69 Å². The first kappa shape index (κ1) is 22.4. The van der Waals surface area contributed by atoms with Crippen LogP contribution >= 0.6 is 0 Å². The summed E-state index contributed by atoms with van der Waals surface area (Å²) in [5, 5.41) is 2.91. The van der Waals surface area contributed by atoms with Gasteiger partial charge in [0.1, 0.15) is 5.75 Å². The Morgan fingerprint density at radius 1 is 0.935 bits per heavy atom. The van der Waals surface area contributed by atoms with Crippen molar-refractivity contribution in [3.05, 3.63) is 89.5 Å². The summed E-state index contributed by atoms with van der Waals surface area (Å²) in [7, 11) is -2.09. The van der Waals surface area contributed by atoms with Crippen molar-refractivity contribution in [1.82, 2.24) is 5.32 Å². The average molecular weight is 439 g/mol. The average Bonchev–Trinajstić information content (AvgIpc) is 2.79. The van der Waals surface area contributed by atoms with E-state index in [1.165, 1.54) is 17.7 Å². The molecule has 3 aromatic carbocycles. The molecule has 0 fully saturated rings. The lowest BCUT2D eigenvalue weighted by atomic mass is 10.1. The molecule has 0 spiro atoms. The fraction of sp³-hybridized carbons (Fsp3) is 0.208. The van der Waals surface area contributed by atoms with Crippen LogP contribution < -0.4 is 14.8 Å². The Kier molecular flexibility index (Phi) is 7.31. The largest absolute Gasteiger partial charge is 0.497 e. The van der Waals surface area contributed by atoms with Gasteiger partial charge < -0.3 is 10.1 Å². The van der Waals surface area contributed by atoms with E-state index in [1.54, 1.807) is 50.4 Å². The highest BCUT2D eigenvalue weighted by Crippen LogP contribution is 2.22. The van der Waals surface area contributed by atoms with Crippen molar-refractivity contribution in [3.8, 4) is 5.75 Å². The number of carbonyl (C=O) groups is 1. The number of hydrogen-bond acceptors (Lipinski definition) is 4. The van der Waals surface area contributed by atoms with Crippen LogP contribution in [-0.4, -0.2) is 28.0 Å². The van der Waals surface area contributed by atoms with Crippen molar-refractivity contribution in [2.75, 3.05) is 18.4 Å². The van der Waals surface area contributed by atoms with Crippen molar-refractivity contribution in [2.24, 2.45) is 0 Å². The van der Waals surface area contributed by atoms with Crippen molar-refractivity contribution >= 4 is 21.6 Å². The molecule has 0 saturated heterocycles. The van der Waals surface area contributed by atoms with Gasteiger partial charge >= 0.3 is 0 Å². The number of rotatable bonds is 9. The summed E-state index contributed by atoms with van der Waals surface area (Å²) in [6, 6.07) is 21.0. The third-order valence-corrected chi connectivity index (χ3v) is 6.34. The first-order chi connectivity index (χ1) is 14.9. The van der Waals surface area contributed by atoms with E-state index in [4.69, 9.17) is 4.74 Å². The Morgan fingerprint density at radius 2 is 1.65 bits per heavy atom. The van der Waals surface area contributed by atoms with Gasteiger partial charge in [0.2, 0.25) is 0 Å². The molecule has 0 radical (unpaired) electrons. The second-order valence-corrected chi connectivity index (χ2v) is 8.79. The summed E-state index contributed by atoms with van der Waals surface area (Å²) in [5.74, 6) is 0.586. The number of benzene rings is 3. The van der Waals surface area contributed by atoms with Crippen LogP contribution in [0.25, 0.3) is 0 Å². The molecule has 0 aliphatic heterocycles. The lowest BCUT2D eigenvalue weighted by Gasteiger charge is -2.14. The van der Waals surface area contributed by atoms with Gasteiger partial charge in [-0.3, -0.25) is 9.52 Å². The number of sulfonamides is 1. The van der Waals surface area contributed by atoms with E-state index in [1.807, 2.05) is 24.3 Å². The zero-order valence-electron chi connectivity index (χ0n) is 17.6. The standard InChI is InChI=1S/C24H26N2O4S/c1-18-22(24(27)25-17-7-8-19-13-15-20(30-2)16-14-19)11-6-12-23(18)26-31(28,29)21-9-4-3-5-10-21/h3-6,9-16,26H,7-8,17H2,1-2H3,(H,25,27). The van der Waals surface area contributed by atoms with Gasteiger partial charge in [0.25, 0.3) is 15.9 Å². The molecule has 2 N–H and O–H groups in total. The summed E-state index contributed by atoms with van der Waals surface area (Å²) >= 11 is 0. The Balaban J connectivity index is 1.60. The minimum absolute atomic E-state index is 0.169. The molecule has 1 amide bonds. The van der Waals surface area contributed by atoms with Crippen LogP contribution in [-0.2, 0) is 16.4 Å².